The Morgan fingerprint density at radius 3 is 1.41 bits per heavy atom. The van der Waals surface area contributed by atoms with Crippen LogP contribution in [-0.2, 0) is 13.9 Å². The van der Waals surface area contributed by atoms with Crippen molar-refractivity contribution >= 4 is 103 Å². The Morgan fingerprint density at radius 1 is 0.955 bits per heavy atom. The predicted octanol–water partition coefficient (Wildman–Crippen LogP) is -3.63. The van der Waals surface area contributed by atoms with Gasteiger partial charge in [0, 0.05) is 0 Å². The quantitative estimate of drug-likeness (QED) is 0.122. The van der Waals surface area contributed by atoms with Gasteiger partial charge in [-0.1, -0.05) is 6.42 Å². The van der Waals surface area contributed by atoms with Gasteiger partial charge in [-0.15, -0.1) is 0 Å². The molecule has 0 spiro atoms. The van der Waals surface area contributed by atoms with Gasteiger partial charge in [-0.25, -0.2) is 9.13 Å². The molecule has 1 atom stereocenters. The van der Waals surface area contributed by atoms with Crippen molar-refractivity contribution in [3.8, 4) is 0 Å². The minimum absolute atomic E-state index is 0. The molecule has 0 aliphatic heterocycles. The van der Waals surface area contributed by atoms with Gasteiger partial charge < -0.3 is 45.9 Å². The van der Waals surface area contributed by atoms with Gasteiger partial charge in [0.25, 0.3) is 0 Å². The third kappa shape index (κ3) is 79.4. The van der Waals surface area contributed by atoms with Crippen LogP contribution >= 0.6 is 15.6 Å². The van der Waals surface area contributed by atoms with E-state index in [-0.39, 0.29) is 80.9 Å². The van der Waals surface area contributed by atoms with E-state index in [1.807, 2.05) is 0 Å². The Bertz CT molecular complexity index is 314. The van der Waals surface area contributed by atoms with Crippen molar-refractivity contribution < 1.29 is 48.4 Å². The number of aliphatic carboxylic acids is 1. The van der Waals surface area contributed by atoms with Crippen LogP contribution in [0.2, 0.25) is 0 Å². The Kier molecular flexibility index (Phi) is 31.5. The number of carbonyl (C=O) groups is 1. The van der Waals surface area contributed by atoms with E-state index in [4.69, 9.17) is 55.1 Å². The molecular weight excluding hydrogens is 384 g/mol. The van der Waals surface area contributed by atoms with Gasteiger partial charge in [0.1, 0.15) is 6.04 Å². The molecule has 128 valence electrons. The summed E-state index contributed by atoms with van der Waals surface area (Å²) in [6.45, 7) is 0.604. The van der Waals surface area contributed by atoms with Crippen molar-refractivity contribution in [2.45, 2.75) is 25.3 Å². The van der Waals surface area contributed by atoms with Gasteiger partial charge in [-0.2, -0.15) is 0 Å². The second-order valence-electron chi connectivity index (χ2n) is 3.26. The maximum absolute atomic E-state index is 10.1. The van der Waals surface area contributed by atoms with E-state index in [0.717, 1.165) is 12.8 Å². The van der Waals surface area contributed by atoms with Crippen LogP contribution in [0.25, 0.3) is 0 Å². The summed E-state index contributed by atoms with van der Waals surface area (Å²) in [5, 5.41) is 8.33. The first-order valence-corrected chi connectivity index (χ1v) is 8.06. The number of unbranched alkanes of at least 4 members (excludes halogenated alkanes) is 1. The summed E-state index contributed by atoms with van der Waals surface area (Å²) in [4.78, 5) is 53.3. The molecule has 1 unspecified atom stereocenters. The molecular formula is C6H22KN2NaO10P2. The Morgan fingerprint density at radius 2 is 1.23 bits per heavy atom. The average molecular weight is 406 g/mol. The molecule has 0 heterocycles. The number of hydrogen-bond acceptors (Lipinski definition) is 5. The molecule has 11 N–H and O–H groups in total. The van der Waals surface area contributed by atoms with Crippen LogP contribution in [0.3, 0.4) is 0 Å². The second-order valence-corrected chi connectivity index (χ2v) is 5.31. The van der Waals surface area contributed by atoms with E-state index < -0.39 is 27.7 Å². The molecule has 0 aromatic rings. The summed E-state index contributed by atoms with van der Waals surface area (Å²) >= 11 is 0. The zero-order valence-corrected chi connectivity index (χ0v) is 12.1. The first-order valence-electron chi connectivity index (χ1n) is 4.93. The average Bonchev–Trinajstić information content (AvgIpc) is 2.12. The van der Waals surface area contributed by atoms with Crippen molar-refractivity contribution in [1.82, 2.24) is 0 Å². The van der Waals surface area contributed by atoms with E-state index in [2.05, 4.69) is 0 Å². The van der Waals surface area contributed by atoms with E-state index in [1.165, 1.54) is 0 Å². The first kappa shape index (κ1) is 35.4. The fourth-order valence-electron chi connectivity index (χ4n) is 0.632. The molecule has 0 rings (SSSR count). The zero-order valence-electron chi connectivity index (χ0n) is 10.3. The molecule has 16 heteroatoms. The van der Waals surface area contributed by atoms with E-state index in [1.54, 1.807) is 0 Å². The maximum atomic E-state index is 10.1. The van der Waals surface area contributed by atoms with Gasteiger partial charge >= 0.3 is 103 Å². The predicted molar refractivity (Wildman–Crippen MR) is 81.3 cm³/mol. The third-order valence-electron chi connectivity index (χ3n) is 1.29. The van der Waals surface area contributed by atoms with Crippen molar-refractivity contribution in [2.24, 2.45) is 11.5 Å². The summed E-state index contributed by atoms with van der Waals surface area (Å²) in [7, 11) is -9.28. The van der Waals surface area contributed by atoms with Gasteiger partial charge in [0.05, 0.1) is 0 Å². The monoisotopic (exact) mass is 406 g/mol. The Hall–Kier alpha value is 2.25. The zero-order chi connectivity index (χ0) is 17.0. The van der Waals surface area contributed by atoms with Crippen molar-refractivity contribution in [3.63, 3.8) is 0 Å². The van der Waals surface area contributed by atoms with E-state index in [0.29, 0.717) is 13.0 Å². The molecule has 22 heavy (non-hydrogen) atoms. The van der Waals surface area contributed by atoms with Gasteiger partial charge in [-0.3, -0.25) is 4.79 Å². The molecule has 0 bridgehead atoms. The normalized spacial score (nSPS) is 11.3. The fourth-order valence-corrected chi connectivity index (χ4v) is 0.632. The number of rotatable bonds is 5. The van der Waals surface area contributed by atoms with Crippen molar-refractivity contribution in [1.29, 1.82) is 0 Å². The topological polar surface area (TPSA) is 245 Å². The number of hydrogen-bond donors (Lipinski definition) is 9. The van der Waals surface area contributed by atoms with E-state index in [9.17, 15) is 4.79 Å². The van der Waals surface area contributed by atoms with Crippen molar-refractivity contribution in [2.75, 3.05) is 6.54 Å². The number of nitrogens with two attached hydrogens (primary N) is 2. The molecule has 12 nitrogen and oxygen atoms in total. The Labute approximate surface area is 191 Å². The van der Waals surface area contributed by atoms with Gasteiger partial charge in [-0.05, 0) is 19.4 Å². The number of phosphoric acid groups is 2. The molecule has 0 aliphatic carbocycles. The van der Waals surface area contributed by atoms with Crippen LogP contribution in [0, 0.1) is 0 Å². The van der Waals surface area contributed by atoms with Crippen LogP contribution in [0.15, 0.2) is 0 Å². The van der Waals surface area contributed by atoms with Gasteiger partial charge in [0.2, 0.25) is 0 Å². The summed E-state index contributed by atoms with van der Waals surface area (Å²) in [5.74, 6) is -0.933. The summed E-state index contributed by atoms with van der Waals surface area (Å²) in [5.41, 5.74) is 10.4. The molecule has 0 radical (unpaired) electrons. The van der Waals surface area contributed by atoms with Crippen LogP contribution in [0.1, 0.15) is 19.3 Å². The summed E-state index contributed by atoms with van der Waals surface area (Å²) in [6.07, 6.45) is 2.16. The van der Waals surface area contributed by atoms with Gasteiger partial charge in [0.15, 0.2) is 0 Å². The second kappa shape index (κ2) is 19.6. The third-order valence-corrected chi connectivity index (χ3v) is 1.29. The summed E-state index contributed by atoms with van der Waals surface area (Å²) in [6, 6.07) is -0.716. The number of carboxylic acids is 1. The standard InChI is InChI=1S/C6H14N2O2.K.Na.2H3O4P.2H/c7-4-2-1-3-5(8)6(9)10;;;2*1-5(2,3)4;;/h5H,1-4,7-8H2,(H,9,10);;;2*(H3,1,2,3,4);;. The van der Waals surface area contributed by atoms with E-state index >= 15 is 0 Å². The molecule has 0 aromatic carbocycles. The first-order chi connectivity index (χ1) is 8.68. The number of carboxylic acid groups (broad SMARTS) is 1. The van der Waals surface area contributed by atoms with Crippen LogP contribution in [0.5, 0.6) is 0 Å². The van der Waals surface area contributed by atoms with Crippen molar-refractivity contribution in [3.05, 3.63) is 0 Å². The van der Waals surface area contributed by atoms with Crippen LogP contribution in [-0.4, -0.2) is 134 Å². The molecule has 0 aromatic heterocycles. The van der Waals surface area contributed by atoms with Crippen LogP contribution in [0.4, 0.5) is 0 Å². The summed E-state index contributed by atoms with van der Waals surface area (Å²) < 4.78 is 17.8. The molecule has 0 saturated carbocycles. The Balaban J connectivity index is -0.0000000692. The molecule has 0 fully saturated rings. The molecule has 0 amide bonds. The minimum atomic E-state index is -4.64. The molecule has 0 aliphatic rings. The van der Waals surface area contributed by atoms with Crippen LogP contribution < -0.4 is 11.5 Å². The fraction of sp³-hybridized carbons (Fsp3) is 0.833. The molecule has 0 saturated heterocycles. The SMILES string of the molecule is NCCCCC(N)C(=O)O.O=P(O)(O)O.O=P(O)(O)O.[KH].[NaH].